The highest BCUT2D eigenvalue weighted by Gasteiger charge is 2.28. The van der Waals surface area contributed by atoms with Gasteiger partial charge in [0.25, 0.3) is 0 Å². The monoisotopic (exact) mass is 232 g/mol. The Labute approximate surface area is 98.5 Å². The van der Waals surface area contributed by atoms with Crippen LogP contribution < -0.4 is 10.6 Å². The summed E-state index contributed by atoms with van der Waals surface area (Å²) in [7, 11) is 1.28. The van der Waals surface area contributed by atoms with Crippen molar-refractivity contribution in [2.75, 3.05) is 17.7 Å². The molecule has 0 bridgehead atoms. The van der Waals surface area contributed by atoms with Gasteiger partial charge in [-0.05, 0) is 12.1 Å². The number of esters is 1. The normalized spacial score (nSPS) is 14.8. The number of para-hydroxylation sites is 2. The van der Waals surface area contributed by atoms with Gasteiger partial charge in [0.2, 0.25) is 5.91 Å². The molecule has 1 amide bonds. The molecule has 1 heterocycles. The smallest absolute Gasteiger partial charge is 0.335 e. The number of benzene rings is 1. The van der Waals surface area contributed by atoms with Crippen molar-refractivity contribution in [1.82, 2.24) is 0 Å². The number of nitrogens with zero attached hydrogens (tertiary/aromatic N) is 1. The van der Waals surface area contributed by atoms with E-state index in [4.69, 9.17) is 5.73 Å². The standard InChI is InChI=1S/C12H12N2O3/c1-17-12(16)8-6-11(15)14(7-8)10-5-3-2-4-9(10)13/h2-5,7H,6,13H2,1H3. The third-order valence-electron chi connectivity index (χ3n) is 2.54. The van der Waals surface area contributed by atoms with Gasteiger partial charge >= 0.3 is 5.97 Å². The van der Waals surface area contributed by atoms with Crippen LogP contribution in [0.3, 0.4) is 0 Å². The van der Waals surface area contributed by atoms with Gasteiger partial charge in [0.15, 0.2) is 0 Å². The molecule has 0 atom stereocenters. The van der Waals surface area contributed by atoms with E-state index in [0.29, 0.717) is 16.9 Å². The SMILES string of the molecule is COC(=O)C1=CN(c2ccccc2N)C(=O)C1. The molecule has 2 rings (SSSR count). The van der Waals surface area contributed by atoms with Gasteiger partial charge in [-0.25, -0.2) is 4.79 Å². The second-order valence-electron chi connectivity index (χ2n) is 3.65. The molecule has 0 saturated heterocycles. The van der Waals surface area contributed by atoms with Crippen LogP contribution in [0.1, 0.15) is 6.42 Å². The third-order valence-corrected chi connectivity index (χ3v) is 2.54. The Bertz CT molecular complexity index is 508. The van der Waals surface area contributed by atoms with Crippen LogP contribution in [0.2, 0.25) is 0 Å². The summed E-state index contributed by atoms with van der Waals surface area (Å²) in [5, 5.41) is 0. The molecule has 1 aromatic rings. The van der Waals surface area contributed by atoms with E-state index >= 15 is 0 Å². The molecule has 2 N–H and O–H groups in total. The van der Waals surface area contributed by atoms with Crippen molar-refractivity contribution in [2.45, 2.75) is 6.42 Å². The highest BCUT2D eigenvalue weighted by atomic mass is 16.5. The van der Waals surface area contributed by atoms with Crippen LogP contribution in [0.25, 0.3) is 0 Å². The van der Waals surface area contributed by atoms with Crippen LogP contribution in [0, 0.1) is 0 Å². The average Bonchev–Trinajstić information content (AvgIpc) is 2.71. The minimum absolute atomic E-state index is 0.0427. The summed E-state index contributed by atoms with van der Waals surface area (Å²) >= 11 is 0. The third kappa shape index (κ3) is 1.99. The fourth-order valence-corrected chi connectivity index (χ4v) is 1.69. The molecule has 1 aromatic carbocycles. The number of rotatable bonds is 2. The predicted octanol–water partition coefficient (Wildman–Crippen LogP) is 1.06. The molecule has 0 aromatic heterocycles. The summed E-state index contributed by atoms with van der Waals surface area (Å²) in [6.45, 7) is 0. The summed E-state index contributed by atoms with van der Waals surface area (Å²) in [5.74, 6) is -0.682. The van der Waals surface area contributed by atoms with Crippen LogP contribution in [0.4, 0.5) is 11.4 Å². The molecule has 0 radical (unpaired) electrons. The van der Waals surface area contributed by atoms with Gasteiger partial charge in [-0.15, -0.1) is 0 Å². The summed E-state index contributed by atoms with van der Waals surface area (Å²) < 4.78 is 4.58. The van der Waals surface area contributed by atoms with Crippen LogP contribution in [-0.4, -0.2) is 19.0 Å². The first-order chi connectivity index (χ1) is 8.13. The number of nitrogens with two attached hydrogens (primary N) is 1. The average molecular weight is 232 g/mol. The molecule has 1 aliphatic heterocycles. The Morgan fingerprint density at radius 2 is 2.12 bits per heavy atom. The number of carbonyl (C=O) groups excluding carboxylic acids is 2. The van der Waals surface area contributed by atoms with Gasteiger partial charge in [0.1, 0.15) is 0 Å². The van der Waals surface area contributed by atoms with Crippen molar-refractivity contribution in [1.29, 1.82) is 0 Å². The molecule has 0 unspecified atom stereocenters. The Morgan fingerprint density at radius 3 is 2.76 bits per heavy atom. The fourth-order valence-electron chi connectivity index (χ4n) is 1.69. The lowest BCUT2D eigenvalue weighted by atomic mass is 10.2. The van der Waals surface area contributed by atoms with Gasteiger partial charge in [-0.1, -0.05) is 12.1 Å². The van der Waals surface area contributed by atoms with Crippen molar-refractivity contribution >= 4 is 23.3 Å². The second kappa shape index (κ2) is 4.29. The molecular formula is C12H12N2O3. The van der Waals surface area contributed by atoms with E-state index in [1.807, 2.05) is 0 Å². The zero-order valence-electron chi connectivity index (χ0n) is 9.34. The summed E-state index contributed by atoms with van der Waals surface area (Å²) in [6, 6.07) is 6.99. The molecule has 0 spiro atoms. The van der Waals surface area contributed by atoms with E-state index in [9.17, 15) is 9.59 Å². The van der Waals surface area contributed by atoms with E-state index in [-0.39, 0.29) is 12.3 Å². The highest BCUT2D eigenvalue weighted by molar-refractivity contribution is 6.08. The van der Waals surface area contributed by atoms with Gasteiger partial charge in [0, 0.05) is 6.20 Å². The van der Waals surface area contributed by atoms with Crippen LogP contribution in [-0.2, 0) is 14.3 Å². The summed E-state index contributed by atoms with van der Waals surface area (Å²) in [6.07, 6.45) is 1.51. The van der Waals surface area contributed by atoms with Crippen LogP contribution in [0.5, 0.6) is 0 Å². The molecule has 88 valence electrons. The number of carbonyl (C=O) groups is 2. The molecule has 17 heavy (non-hydrogen) atoms. The Morgan fingerprint density at radius 1 is 1.41 bits per heavy atom. The van der Waals surface area contributed by atoms with Crippen LogP contribution in [0.15, 0.2) is 36.0 Å². The Kier molecular flexibility index (Phi) is 2.82. The van der Waals surface area contributed by atoms with Crippen molar-refractivity contribution in [3.8, 4) is 0 Å². The highest BCUT2D eigenvalue weighted by Crippen LogP contribution is 2.28. The summed E-state index contributed by atoms with van der Waals surface area (Å²) in [5.41, 5.74) is 7.18. The van der Waals surface area contributed by atoms with E-state index in [1.54, 1.807) is 24.3 Å². The minimum atomic E-state index is -0.490. The van der Waals surface area contributed by atoms with E-state index < -0.39 is 5.97 Å². The number of methoxy groups -OCH3 is 1. The maximum atomic E-state index is 11.8. The Hall–Kier alpha value is -2.30. The fraction of sp³-hybridized carbons (Fsp3) is 0.167. The van der Waals surface area contributed by atoms with Gasteiger partial charge in [-0.2, -0.15) is 0 Å². The Balaban J connectivity index is 2.34. The number of amides is 1. The first kappa shape index (κ1) is 11.2. The molecule has 0 fully saturated rings. The van der Waals surface area contributed by atoms with E-state index in [0.717, 1.165) is 0 Å². The molecule has 0 aliphatic carbocycles. The van der Waals surface area contributed by atoms with Crippen molar-refractivity contribution in [2.24, 2.45) is 0 Å². The molecule has 5 heteroatoms. The van der Waals surface area contributed by atoms with Crippen molar-refractivity contribution < 1.29 is 14.3 Å². The number of ether oxygens (including phenoxy) is 1. The van der Waals surface area contributed by atoms with Gasteiger partial charge < -0.3 is 10.5 Å². The van der Waals surface area contributed by atoms with Crippen LogP contribution >= 0.6 is 0 Å². The maximum Gasteiger partial charge on any atom is 0.335 e. The predicted molar refractivity (Wildman–Crippen MR) is 63.1 cm³/mol. The number of anilines is 2. The largest absolute Gasteiger partial charge is 0.466 e. The lowest BCUT2D eigenvalue weighted by molar-refractivity contribution is -0.136. The quantitative estimate of drug-likeness (QED) is 0.611. The molecule has 0 saturated carbocycles. The van der Waals surface area contributed by atoms with E-state index in [1.165, 1.54) is 18.2 Å². The topological polar surface area (TPSA) is 72.6 Å². The van der Waals surface area contributed by atoms with Crippen molar-refractivity contribution in [3.63, 3.8) is 0 Å². The van der Waals surface area contributed by atoms with E-state index in [2.05, 4.69) is 4.74 Å². The number of hydrogen-bond acceptors (Lipinski definition) is 4. The minimum Gasteiger partial charge on any atom is -0.466 e. The van der Waals surface area contributed by atoms with Gasteiger partial charge in [-0.3, -0.25) is 9.69 Å². The number of hydrogen-bond donors (Lipinski definition) is 1. The molecule has 1 aliphatic rings. The first-order valence-corrected chi connectivity index (χ1v) is 5.09. The molecule has 5 nitrogen and oxygen atoms in total. The zero-order chi connectivity index (χ0) is 12.4. The molecular weight excluding hydrogens is 220 g/mol. The maximum absolute atomic E-state index is 11.8. The second-order valence-corrected chi connectivity index (χ2v) is 3.65. The first-order valence-electron chi connectivity index (χ1n) is 5.09. The van der Waals surface area contributed by atoms with Crippen molar-refractivity contribution in [3.05, 3.63) is 36.0 Å². The summed E-state index contributed by atoms with van der Waals surface area (Å²) in [4.78, 5) is 24.5. The number of nitrogen functional groups attached to an aromatic ring is 1. The zero-order valence-corrected chi connectivity index (χ0v) is 9.34. The lowest BCUT2D eigenvalue weighted by Crippen LogP contribution is -2.20. The van der Waals surface area contributed by atoms with Gasteiger partial charge in [0.05, 0.1) is 30.5 Å². The lowest BCUT2D eigenvalue weighted by Gasteiger charge is -2.15.